The second kappa shape index (κ2) is 8.12. The van der Waals surface area contributed by atoms with E-state index in [4.69, 9.17) is 0 Å². The van der Waals surface area contributed by atoms with Gasteiger partial charge in [-0.1, -0.05) is 26.5 Å². The molecule has 3 aliphatic rings. The first-order valence-electron chi connectivity index (χ1n) is 13.0. The van der Waals surface area contributed by atoms with E-state index in [-0.39, 0.29) is 17.6 Å². The van der Waals surface area contributed by atoms with Crippen LogP contribution in [0.4, 0.5) is 0 Å². The van der Waals surface area contributed by atoms with Crippen LogP contribution in [0.25, 0.3) is 29.9 Å². The van der Waals surface area contributed by atoms with Gasteiger partial charge in [-0.25, -0.2) is 0 Å². The SMILES string of the molecule is C=Cc1c2[nH]c(c1C)/C=C1\N/C(=C3\c4[nH]c(c(C)c4C(=O)[C@@H]3C(=O)O)/C=c3\[nH]/c(c(C)c3C)=C\2)[C@@H](C)[C@@H]1C. The number of hydrogen-bond donors (Lipinski definition) is 5. The van der Waals surface area contributed by atoms with Crippen LogP contribution in [0.15, 0.2) is 18.0 Å². The number of carbonyl (C=O) groups excluding carboxylic acids is 1. The van der Waals surface area contributed by atoms with Gasteiger partial charge < -0.3 is 25.4 Å². The summed E-state index contributed by atoms with van der Waals surface area (Å²) in [4.78, 5) is 36.6. The predicted octanol–water partition coefficient (Wildman–Crippen LogP) is 4.04. The number of Topliss-reactive ketones (excluding diaryl/α,β-unsaturated/α-hetero) is 1. The molecule has 7 heteroatoms. The monoisotopic (exact) mass is 508 g/mol. The van der Waals surface area contributed by atoms with Crippen molar-refractivity contribution >= 4 is 41.6 Å². The summed E-state index contributed by atoms with van der Waals surface area (Å²) < 4.78 is 0. The molecule has 0 amide bonds. The summed E-state index contributed by atoms with van der Waals surface area (Å²) in [6, 6.07) is 0. The number of aliphatic carboxylic acids is 1. The Morgan fingerprint density at radius 3 is 2.13 bits per heavy atom. The lowest BCUT2D eigenvalue weighted by atomic mass is 9.89. The van der Waals surface area contributed by atoms with Crippen molar-refractivity contribution < 1.29 is 14.7 Å². The Morgan fingerprint density at radius 1 is 0.868 bits per heavy atom. The van der Waals surface area contributed by atoms with Crippen molar-refractivity contribution in [2.75, 3.05) is 0 Å². The van der Waals surface area contributed by atoms with Crippen molar-refractivity contribution in [2.24, 2.45) is 17.8 Å². The number of hydrogen-bond acceptors (Lipinski definition) is 3. The molecule has 1 saturated heterocycles. The van der Waals surface area contributed by atoms with Crippen molar-refractivity contribution in [3.8, 4) is 0 Å². The molecule has 3 aromatic rings. The Bertz CT molecular complexity index is 1790. The first-order valence-corrected chi connectivity index (χ1v) is 13.0. The first kappa shape index (κ1) is 24.1. The molecule has 3 atom stereocenters. The summed E-state index contributed by atoms with van der Waals surface area (Å²) in [5.41, 5.74) is 11.3. The van der Waals surface area contributed by atoms with Crippen LogP contribution in [0, 0.1) is 45.4 Å². The molecule has 1 aliphatic carbocycles. The van der Waals surface area contributed by atoms with Gasteiger partial charge in [0.2, 0.25) is 0 Å². The topological polar surface area (TPSA) is 114 Å². The van der Waals surface area contributed by atoms with Crippen molar-refractivity contribution in [3.05, 3.63) is 84.8 Å². The quantitative estimate of drug-likeness (QED) is 0.336. The molecule has 5 heterocycles. The van der Waals surface area contributed by atoms with E-state index in [1.165, 1.54) is 0 Å². The standard InChI is InChI=1S/C31H32N4O3/c1-8-18-16(6)22-10-21-14(4)15(5)28(34-21)26-27(31(37)38)30(36)25-17(7)23(35-29(25)26)9-19-12(2)13(3)20(32-19)11-24(18)33-22/h8-11,14-15,27,32-35H,1H2,2-7H3,(H,37,38)/b19-9-,20-11-,21-10-,28-26-/t14-,15-,27+/m0/s1. The molecule has 0 spiro atoms. The molecular weight excluding hydrogens is 476 g/mol. The molecule has 5 N–H and O–H groups in total. The average Bonchev–Trinajstić information content (AvgIpc) is 3.59. The fourth-order valence-corrected chi connectivity index (χ4v) is 6.24. The minimum Gasteiger partial charge on any atom is -0.480 e. The number of aromatic amines is 3. The Balaban J connectivity index is 1.75. The van der Waals surface area contributed by atoms with Crippen molar-refractivity contribution in [2.45, 2.75) is 41.5 Å². The van der Waals surface area contributed by atoms with Crippen LogP contribution in [-0.2, 0) is 4.79 Å². The molecule has 2 aliphatic heterocycles. The van der Waals surface area contributed by atoms with E-state index < -0.39 is 11.9 Å². The van der Waals surface area contributed by atoms with Gasteiger partial charge in [0.25, 0.3) is 0 Å². The Labute approximate surface area is 220 Å². The minimum absolute atomic E-state index is 0.000757. The van der Waals surface area contributed by atoms with Crippen LogP contribution in [-0.4, -0.2) is 31.8 Å². The van der Waals surface area contributed by atoms with E-state index in [0.717, 1.165) is 67.0 Å². The van der Waals surface area contributed by atoms with E-state index in [9.17, 15) is 14.7 Å². The third-order valence-corrected chi connectivity index (χ3v) is 8.96. The van der Waals surface area contributed by atoms with Gasteiger partial charge in [-0.3, -0.25) is 9.59 Å². The first-order chi connectivity index (χ1) is 18.0. The van der Waals surface area contributed by atoms with Gasteiger partial charge in [-0.2, -0.15) is 0 Å². The fraction of sp³-hybridized carbons (Fsp3) is 0.290. The zero-order valence-electron chi connectivity index (χ0n) is 22.5. The Morgan fingerprint density at radius 2 is 1.50 bits per heavy atom. The third-order valence-electron chi connectivity index (χ3n) is 8.96. The highest BCUT2D eigenvalue weighted by atomic mass is 16.4. The molecule has 0 aromatic carbocycles. The van der Waals surface area contributed by atoms with Crippen molar-refractivity contribution in [3.63, 3.8) is 0 Å². The summed E-state index contributed by atoms with van der Waals surface area (Å²) >= 11 is 0. The van der Waals surface area contributed by atoms with Crippen molar-refractivity contribution in [1.29, 1.82) is 0 Å². The number of allylic oxidation sites excluding steroid dienone is 2. The number of aromatic nitrogens is 3. The highest BCUT2D eigenvalue weighted by Gasteiger charge is 2.47. The summed E-state index contributed by atoms with van der Waals surface area (Å²) in [7, 11) is 0. The smallest absolute Gasteiger partial charge is 0.319 e. The van der Waals surface area contributed by atoms with Crippen LogP contribution < -0.4 is 16.0 Å². The molecule has 8 bridgehead atoms. The second-order valence-electron chi connectivity index (χ2n) is 10.9. The molecule has 0 radical (unpaired) electrons. The second-order valence-corrected chi connectivity index (χ2v) is 10.9. The number of carboxylic acids is 1. The summed E-state index contributed by atoms with van der Waals surface area (Å²) in [6.07, 6.45) is 8.12. The molecule has 3 aromatic heterocycles. The highest BCUT2D eigenvalue weighted by molar-refractivity contribution is 6.24. The number of carboxylic acid groups (broad SMARTS) is 1. The summed E-state index contributed by atoms with van der Waals surface area (Å²) in [6.45, 7) is 16.4. The molecule has 7 nitrogen and oxygen atoms in total. The number of fused-ring (bicyclic) bond motifs is 7. The zero-order chi connectivity index (χ0) is 27.2. The molecule has 0 saturated carbocycles. The lowest BCUT2D eigenvalue weighted by Crippen LogP contribution is -2.23. The van der Waals surface area contributed by atoms with Gasteiger partial charge in [0.05, 0.1) is 5.69 Å². The number of rotatable bonds is 2. The Hall–Kier alpha value is -4.26. The van der Waals surface area contributed by atoms with Crippen molar-refractivity contribution in [1.82, 2.24) is 20.3 Å². The minimum atomic E-state index is -1.23. The third kappa shape index (κ3) is 3.14. The number of nitrogens with one attached hydrogen (secondary N) is 4. The average molecular weight is 509 g/mol. The van der Waals surface area contributed by atoms with E-state index in [1.54, 1.807) is 0 Å². The van der Waals surface area contributed by atoms with Crippen LogP contribution in [0.2, 0.25) is 0 Å². The summed E-state index contributed by atoms with van der Waals surface area (Å²) in [5, 5.41) is 15.6. The van der Waals surface area contributed by atoms with E-state index >= 15 is 0 Å². The van der Waals surface area contributed by atoms with Gasteiger partial charge in [-0.15, -0.1) is 0 Å². The van der Waals surface area contributed by atoms with Gasteiger partial charge >= 0.3 is 5.97 Å². The fourth-order valence-electron chi connectivity index (χ4n) is 6.24. The molecule has 38 heavy (non-hydrogen) atoms. The maximum atomic E-state index is 13.5. The van der Waals surface area contributed by atoms with Crippen LogP contribution >= 0.6 is 0 Å². The van der Waals surface area contributed by atoms with Gasteiger partial charge in [0.1, 0.15) is 5.92 Å². The number of carbonyl (C=O) groups is 2. The normalized spacial score (nSPS) is 26.7. The van der Waals surface area contributed by atoms with Gasteiger partial charge in [0.15, 0.2) is 5.78 Å². The zero-order valence-corrected chi connectivity index (χ0v) is 22.5. The lowest BCUT2D eigenvalue weighted by molar-refractivity contribution is -0.138. The van der Waals surface area contributed by atoms with E-state index in [1.807, 2.05) is 19.1 Å². The maximum Gasteiger partial charge on any atom is 0.319 e. The molecular formula is C31H32N4O3. The number of ketones is 1. The highest BCUT2D eigenvalue weighted by Crippen LogP contribution is 2.46. The Kier molecular flexibility index (Phi) is 5.15. The number of H-pyrrole nitrogens is 3. The molecule has 194 valence electrons. The summed E-state index contributed by atoms with van der Waals surface area (Å²) in [5.74, 6) is -2.63. The van der Waals surface area contributed by atoms with Crippen LogP contribution in [0.1, 0.15) is 74.8 Å². The van der Waals surface area contributed by atoms with Gasteiger partial charge in [-0.05, 0) is 68.2 Å². The molecule has 6 rings (SSSR count). The van der Waals surface area contributed by atoms with Gasteiger partial charge in [0, 0.05) is 67.7 Å². The molecule has 1 fully saturated rings. The predicted molar refractivity (Wildman–Crippen MR) is 150 cm³/mol. The van der Waals surface area contributed by atoms with Crippen LogP contribution in [0.5, 0.6) is 0 Å². The van der Waals surface area contributed by atoms with E-state index in [0.29, 0.717) is 16.8 Å². The van der Waals surface area contributed by atoms with E-state index in [2.05, 4.69) is 73.6 Å². The van der Waals surface area contributed by atoms with Crippen LogP contribution in [0.3, 0.4) is 0 Å². The molecule has 0 unspecified atom stereocenters. The maximum absolute atomic E-state index is 13.5. The largest absolute Gasteiger partial charge is 0.480 e. The lowest BCUT2D eigenvalue weighted by Gasteiger charge is -2.15.